The summed E-state index contributed by atoms with van der Waals surface area (Å²) in [4.78, 5) is 7.64. The van der Waals surface area contributed by atoms with E-state index in [1.54, 1.807) is 12.1 Å². The van der Waals surface area contributed by atoms with E-state index in [1.807, 2.05) is 0 Å². The maximum atomic E-state index is 5.71. The number of nitrogens with two attached hydrogens (primary N) is 4. The smallest absolute Gasteiger partial charge is 0.148 e. The minimum absolute atomic E-state index is 0.202. The van der Waals surface area contributed by atoms with Crippen LogP contribution in [0.15, 0.2) is 34.8 Å². The highest BCUT2D eigenvalue weighted by Gasteiger charge is 2.04. The topological polar surface area (TPSA) is 155 Å². The average Bonchev–Trinajstić information content (AvgIpc) is 2.36. The predicted molar refractivity (Wildman–Crippen MR) is 70.3 cm³/mol. The zero-order valence-corrected chi connectivity index (χ0v) is 9.41. The molecule has 2 heterocycles. The molecule has 0 saturated heterocycles. The Bertz CT molecular complexity index is 553. The van der Waals surface area contributed by atoms with Crippen LogP contribution in [0.5, 0.6) is 0 Å². The standard InChI is InChI=1S/C10H12N8/c11-7-5(1-3-15-9(7)13)17-18-6-2-4-16-10(14)8(6)12/h1-4H,11-12H2,(H2,13,15)(H2,14,16). The van der Waals surface area contributed by atoms with Crippen LogP contribution in [0.2, 0.25) is 0 Å². The second-order valence-corrected chi connectivity index (χ2v) is 3.46. The molecular formula is C10H12N8. The van der Waals surface area contributed by atoms with Crippen LogP contribution in [0.1, 0.15) is 0 Å². The van der Waals surface area contributed by atoms with Gasteiger partial charge in [-0.3, -0.25) is 0 Å². The fourth-order valence-corrected chi connectivity index (χ4v) is 1.24. The molecule has 0 aliphatic rings. The van der Waals surface area contributed by atoms with Crippen molar-refractivity contribution in [1.82, 2.24) is 9.97 Å². The molecule has 2 aromatic heterocycles. The highest BCUT2D eigenvalue weighted by molar-refractivity contribution is 5.75. The lowest BCUT2D eigenvalue weighted by Crippen LogP contribution is -1.97. The third-order valence-corrected chi connectivity index (χ3v) is 2.26. The molecule has 8 heteroatoms. The van der Waals surface area contributed by atoms with E-state index in [-0.39, 0.29) is 23.0 Å². The van der Waals surface area contributed by atoms with Crippen molar-refractivity contribution in [2.24, 2.45) is 10.2 Å². The first-order valence-corrected chi connectivity index (χ1v) is 5.01. The molecule has 8 N–H and O–H groups in total. The van der Waals surface area contributed by atoms with Crippen LogP contribution in [0, 0.1) is 0 Å². The minimum atomic E-state index is 0.202. The van der Waals surface area contributed by atoms with Gasteiger partial charge in [0.15, 0.2) is 0 Å². The van der Waals surface area contributed by atoms with Gasteiger partial charge in [-0.25, -0.2) is 9.97 Å². The molecule has 0 aliphatic heterocycles. The van der Waals surface area contributed by atoms with Crippen LogP contribution in [-0.2, 0) is 0 Å². The summed E-state index contributed by atoms with van der Waals surface area (Å²) in [6, 6.07) is 3.19. The van der Waals surface area contributed by atoms with Crippen molar-refractivity contribution < 1.29 is 0 Å². The molecule has 0 aromatic carbocycles. The highest BCUT2D eigenvalue weighted by Crippen LogP contribution is 2.30. The molecule has 92 valence electrons. The van der Waals surface area contributed by atoms with Crippen LogP contribution in [0.3, 0.4) is 0 Å². The minimum Gasteiger partial charge on any atom is -0.394 e. The van der Waals surface area contributed by atoms with E-state index in [9.17, 15) is 0 Å². The molecule has 0 unspecified atom stereocenters. The Morgan fingerprint density at radius 2 is 1.11 bits per heavy atom. The number of hydrogen-bond donors (Lipinski definition) is 4. The van der Waals surface area contributed by atoms with Gasteiger partial charge in [0.05, 0.1) is 0 Å². The van der Waals surface area contributed by atoms with Gasteiger partial charge < -0.3 is 22.9 Å². The van der Waals surface area contributed by atoms with Crippen molar-refractivity contribution in [2.75, 3.05) is 22.9 Å². The number of nitrogen functional groups attached to an aromatic ring is 4. The second-order valence-electron chi connectivity index (χ2n) is 3.46. The zero-order valence-electron chi connectivity index (χ0n) is 9.41. The van der Waals surface area contributed by atoms with Crippen molar-refractivity contribution in [2.45, 2.75) is 0 Å². The van der Waals surface area contributed by atoms with Gasteiger partial charge in [0, 0.05) is 12.4 Å². The first-order chi connectivity index (χ1) is 8.59. The van der Waals surface area contributed by atoms with Gasteiger partial charge >= 0.3 is 0 Å². The molecule has 0 atom stereocenters. The summed E-state index contributed by atoms with van der Waals surface area (Å²) in [6.45, 7) is 0. The lowest BCUT2D eigenvalue weighted by atomic mass is 10.3. The Morgan fingerprint density at radius 3 is 1.50 bits per heavy atom. The summed E-state index contributed by atoms with van der Waals surface area (Å²) in [5.41, 5.74) is 23.9. The number of nitrogens with zero attached hydrogens (tertiary/aromatic N) is 4. The Hall–Kier alpha value is -2.90. The largest absolute Gasteiger partial charge is 0.394 e. The molecule has 8 nitrogen and oxygen atoms in total. The van der Waals surface area contributed by atoms with Crippen LogP contribution in [0.4, 0.5) is 34.4 Å². The fourth-order valence-electron chi connectivity index (χ4n) is 1.24. The summed E-state index contributed by atoms with van der Waals surface area (Å²) in [7, 11) is 0. The summed E-state index contributed by atoms with van der Waals surface area (Å²) in [5.74, 6) is 0.405. The predicted octanol–water partition coefficient (Wildman–Crippen LogP) is 1.22. The third-order valence-electron chi connectivity index (χ3n) is 2.26. The highest BCUT2D eigenvalue weighted by atomic mass is 15.1. The first-order valence-electron chi connectivity index (χ1n) is 5.01. The zero-order chi connectivity index (χ0) is 13.1. The Kier molecular flexibility index (Phi) is 2.92. The van der Waals surface area contributed by atoms with Crippen molar-refractivity contribution in [1.29, 1.82) is 0 Å². The molecule has 18 heavy (non-hydrogen) atoms. The first kappa shape index (κ1) is 11.6. The maximum absolute atomic E-state index is 5.71. The van der Waals surface area contributed by atoms with Crippen LogP contribution in [-0.4, -0.2) is 9.97 Å². The fraction of sp³-hybridized carbons (Fsp3) is 0. The van der Waals surface area contributed by atoms with E-state index in [0.29, 0.717) is 11.4 Å². The van der Waals surface area contributed by atoms with Gasteiger partial charge in [0.2, 0.25) is 0 Å². The average molecular weight is 244 g/mol. The second kappa shape index (κ2) is 4.53. The van der Waals surface area contributed by atoms with Gasteiger partial charge in [0.25, 0.3) is 0 Å². The van der Waals surface area contributed by atoms with E-state index in [2.05, 4.69) is 20.2 Å². The summed E-state index contributed by atoms with van der Waals surface area (Å²) >= 11 is 0. The van der Waals surface area contributed by atoms with E-state index in [4.69, 9.17) is 22.9 Å². The Labute approximate surface area is 103 Å². The van der Waals surface area contributed by atoms with Gasteiger partial charge in [0.1, 0.15) is 34.4 Å². The molecule has 0 amide bonds. The van der Waals surface area contributed by atoms with Gasteiger partial charge in [-0.05, 0) is 12.1 Å². The van der Waals surface area contributed by atoms with Crippen molar-refractivity contribution in [3.63, 3.8) is 0 Å². The van der Waals surface area contributed by atoms with Gasteiger partial charge in [-0.2, -0.15) is 0 Å². The molecule has 0 aliphatic carbocycles. The molecule has 0 saturated carbocycles. The Balaban J connectivity index is 2.36. The third kappa shape index (κ3) is 2.12. The number of hydrogen-bond acceptors (Lipinski definition) is 8. The van der Waals surface area contributed by atoms with Crippen LogP contribution < -0.4 is 22.9 Å². The van der Waals surface area contributed by atoms with E-state index < -0.39 is 0 Å². The van der Waals surface area contributed by atoms with Crippen LogP contribution in [0.25, 0.3) is 0 Å². The summed E-state index contributed by atoms with van der Waals surface area (Å²) in [5, 5.41) is 7.91. The number of rotatable bonds is 2. The van der Waals surface area contributed by atoms with E-state index in [1.165, 1.54) is 12.4 Å². The number of anilines is 4. The van der Waals surface area contributed by atoms with Crippen LogP contribution >= 0.6 is 0 Å². The molecule has 2 aromatic rings. The summed E-state index contributed by atoms with van der Waals surface area (Å²) < 4.78 is 0. The monoisotopic (exact) mass is 244 g/mol. The number of pyridine rings is 2. The quantitative estimate of drug-likeness (QED) is 0.582. The molecule has 0 spiro atoms. The molecule has 0 radical (unpaired) electrons. The normalized spacial score (nSPS) is 10.9. The van der Waals surface area contributed by atoms with Crippen molar-refractivity contribution >= 4 is 34.4 Å². The summed E-state index contributed by atoms with van der Waals surface area (Å²) in [6.07, 6.45) is 2.98. The SMILES string of the molecule is Nc1nccc(N=Nc2ccnc(N)c2N)c1N. The van der Waals surface area contributed by atoms with Gasteiger partial charge in [-0.15, -0.1) is 10.2 Å². The molecular weight excluding hydrogens is 232 g/mol. The van der Waals surface area contributed by atoms with E-state index in [0.717, 1.165) is 0 Å². The van der Waals surface area contributed by atoms with Gasteiger partial charge in [-0.1, -0.05) is 0 Å². The molecule has 0 fully saturated rings. The lowest BCUT2D eigenvalue weighted by molar-refractivity contribution is 1.20. The Morgan fingerprint density at radius 1 is 0.722 bits per heavy atom. The lowest BCUT2D eigenvalue weighted by Gasteiger charge is -2.02. The van der Waals surface area contributed by atoms with Crippen molar-refractivity contribution in [3.05, 3.63) is 24.5 Å². The number of aromatic nitrogens is 2. The van der Waals surface area contributed by atoms with E-state index >= 15 is 0 Å². The molecule has 0 bridgehead atoms. The number of azo groups is 1. The maximum Gasteiger partial charge on any atom is 0.148 e. The molecule has 2 rings (SSSR count). The van der Waals surface area contributed by atoms with Crippen molar-refractivity contribution in [3.8, 4) is 0 Å².